The first kappa shape index (κ1) is 18.5. The van der Waals surface area contributed by atoms with Gasteiger partial charge >= 0.3 is 0 Å². The summed E-state index contributed by atoms with van der Waals surface area (Å²) in [6.45, 7) is 1.33. The van der Waals surface area contributed by atoms with Crippen LogP contribution in [-0.4, -0.2) is 41.2 Å². The van der Waals surface area contributed by atoms with Crippen molar-refractivity contribution < 1.29 is 19.0 Å². The van der Waals surface area contributed by atoms with Crippen molar-refractivity contribution in [2.24, 2.45) is 0 Å². The molecule has 2 aromatic carbocycles. The Hall–Kier alpha value is -2.24. The maximum absolute atomic E-state index is 13.6. The summed E-state index contributed by atoms with van der Waals surface area (Å²) in [6, 6.07) is 16.1. The lowest BCUT2D eigenvalue weighted by atomic mass is 10.0. The van der Waals surface area contributed by atoms with Crippen molar-refractivity contribution in [3.63, 3.8) is 0 Å². The van der Waals surface area contributed by atoms with Gasteiger partial charge in [0.2, 0.25) is 0 Å². The highest BCUT2D eigenvalue weighted by atomic mass is 19.1. The summed E-state index contributed by atoms with van der Waals surface area (Å²) in [5.41, 5.74) is 1.49. The second kappa shape index (κ2) is 8.92. The molecule has 0 aromatic heterocycles. The number of hydrogen-bond acceptors (Lipinski definition) is 3. The molecule has 0 spiro atoms. The molecule has 3 rings (SSSR count). The van der Waals surface area contributed by atoms with Crippen LogP contribution in [0.3, 0.4) is 0 Å². The van der Waals surface area contributed by atoms with Crippen LogP contribution in [0.4, 0.5) is 4.39 Å². The monoisotopic (exact) mass is 357 g/mol. The Bertz CT molecular complexity index is 714. The molecule has 0 bridgehead atoms. The number of hydrogen-bond donors (Lipinski definition) is 1. The SMILES string of the molecule is O=C([C@@H](O)Cc1ccccc1)N1CCC(OCc2ccccc2F)CC1. The summed E-state index contributed by atoms with van der Waals surface area (Å²) < 4.78 is 19.4. The molecular weight excluding hydrogens is 333 g/mol. The van der Waals surface area contributed by atoms with Gasteiger partial charge in [0.05, 0.1) is 12.7 Å². The van der Waals surface area contributed by atoms with E-state index in [9.17, 15) is 14.3 Å². The molecule has 2 aromatic rings. The van der Waals surface area contributed by atoms with Crippen molar-refractivity contribution in [1.29, 1.82) is 0 Å². The van der Waals surface area contributed by atoms with Gasteiger partial charge in [0.15, 0.2) is 0 Å². The topological polar surface area (TPSA) is 49.8 Å². The number of halogens is 1. The number of piperidine rings is 1. The molecule has 1 aliphatic rings. The molecule has 1 amide bonds. The van der Waals surface area contributed by atoms with Gasteiger partial charge in [-0.1, -0.05) is 48.5 Å². The summed E-state index contributed by atoms with van der Waals surface area (Å²) in [5.74, 6) is -0.495. The van der Waals surface area contributed by atoms with Crippen LogP contribution in [0.1, 0.15) is 24.0 Å². The van der Waals surface area contributed by atoms with Gasteiger partial charge in [-0.15, -0.1) is 0 Å². The quantitative estimate of drug-likeness (QED) is 0.865. The Labute approximate surface area is 153 Å². The molecule has 0 saturated carbocycles. The zero-order valence-corrected chi connectivity index (χ0v) is 14.7. The molecule has 0 unspecified atom stereocenters. The maximum Gasteiger partial charge on any atom is 0.251 e. The lowest BCUT2D eigenvalue weighted by Gasteiger charge is -2.33. The zero-order valence-electron chi connectivity index (χ0n) is 14.7. The normalized spacial score (nSPS) is 16.5. The number of likely N-dealkylation sites (tertiary alicyclic amines) is 1. The molecule has 0 aliphatic carbocycles. The van der Waals surface area contributed by atoms with Crippen molar-refractivity contribution in [3.05, 3.63) is 71.5 Å². The maximum atomic E-state index is 13.6. The van der Waals surface area contributed by atoms with Crippen LogP contribution < -0.4 is 0 Å². The summed E-state index contributed by atoms with van der Waals surface area (Å²) in [6.07, 6.45) is 0.693. The van der Waals surface area contributed by atoms with E-state index < -0.39 is 6.10 Å². The van der Waals surface area contributed by atoms with Crippen LogP contribution >= 0.6 is 0 Å². The molecule has 5 heteroatoms. The van der Waals surface area contributed by atoms with Crippen molar-refractivity contribution in [3.8, 4) is 0 Å². The van der Waals surface area contributed by atoms with Gasteiger partial charge in [-0.05, 0) is 24.5 Å². The van der Waals surface area contributed by atoms with E-state index in [4.69, 9.17) is 4.74 Å². The minimum absolute atomic E-state index is 0.00456. The number of carbonyl (C=O) groups excluding carboxylic acids is 1. The summed E-state index contributed by atoms with van der Waals surface area (Å²) in [4.78, 5) is 14.1. The zero-order chi connectivity index (χ0) is 18.4. The van der Waals surface area contributed by atoms with Crippen LogP contribution in [0, 0.1) is 5.82 Å². The highest BCUT2D eigenvalue weighted by Crippen LogP contribution is 2.18. The number of rotatable bonds is 6. The average Bonchev–Trinajstić information content (AvgIpc) is 2.68. The fraction of sp³-hybridized carbons (Fsp3) is 0.381. The van der Waals surface area contributed by atoms with Gasteiger partial charge in [-0.2, -0.15) is 0 Å². The molecule has 1 atom stereocenters. The third-order valence-electron chi connectivity index (χ3n) is 4.74. The fourth-order valence-corrected chi connectivity index (χ4v) is 3.20. The molecule has 1 fully saturated rings. The number of amides is 1. The van der Waals surface area contributed by atoms with E-state index in [-0.39, 0.29) is 24.4 Å². The lowest BCUT2D eigenvalue weighted by Crippen LogP contribution is -2.46. The first-order valence-electron chi connectivity index (χ1n) is 8.99. The summed E-state index contributed by atoms with van der Waals surface area (Å²) in [5, 5.41) is 10.2. The number of ether oxygens (including phenoxy) is 1. The van der Waals surface area contributed by atoms with Gasteiger partial charge in [0, 0.05) is 25.1 Å². The molecule has 138 valence electrons. The van der Waals surface area contributed by atoms with E-state index in [1.807, 2.05) is 30.3 Å². The Morgan fingerprint density at radius 2 is 1.77 bits per heavy atom. The van der Waals surface area contributed by atoms with E-state index in [2.05, 4.69) is 0 Å². The minimum atomic E-state index is -1.02. The summed E-state index contributed by atoms with van der Waals surface area (Å²) in [7, 11) is 0. The third kappa shape index (κ3) is 4.90. The van der Waals surface area contributed by atoms with Gasteiger partial charge in [-0.3, -0.25) is 4.79 Å². The Morgan fingerprint density at radius 1 is 1.12 bits per heavy atom. The number of aliphatic hydroxyl groups is 1. The molecule has 1 heterocycles. The predicted octanol–water partition coefficient (Wildman–Crippen LogP) is 2.94. The van der Waals surface area contributed by atoms with Gasteiger partial charge in [-0.25, -0.2) is 4.39 Å². The highest BCUT2D eigenvalue weighted by Gasteiger charge is 2.27. The van der Waals surface area contributed by atoms with Gasteiger partial charge in [0.1, 0.15) is 11.9 Å². The van der Waals surface area contributed by atoms with Gasteiger partial charge in [0.25, 0.3) is 5.91 Å². The second-order valence-corrected chi connectivity index (χ2v) is 6.63. The molecule has 1 N–H and O–H groups in total. The van der Waals surface area contributed by atoms with Crippen molar-refractivity contribution in [2.75, 3.05) is 13.1 Å². The average molecular weight is 357 g/mol. The largest absolute Gasteiger partial charge is 0.383 e. The van der Waals surface area contributed by atoms with E-state index in [1.165, 1.54) is 6.07 Å². The second-order valence-electron chi connectivity index (χ2n) is 6.63. The third-order valence-corrected chi connectivity index (χ3v) is 4.74. The summed E-state index contributed by atoms with van der Waals surface area (Å²) >= 11 is 0. The molecule has 0 radical (unpaired) electrons. The van der Waals surface area contributed by atoms with Crippen LogP contribution in [0.5, 0.6) is 0 Å². The van der Waals surface area contributed by atoms with Crippen LogP contribution in [0.25, 0.3) is 0 Å². The van der Waals surface area contributed by atoms with Crippen molar-refractivity contribution in [2.45, 2.75) is 38.1 Å². The van der Waals surface area contributed by atoms with Crippen LogP contribution in [0.2, 0.25) is 0 Å². The van der Waals surface area contributed by atoms with Crippen LogP contribution in [0.15, 0.2) is 54.6 Å². The smallest absolute Gasteiger partial charge is 0.251 e. The Balaban J connectivity index is 1.44. The lowest BCUT2D eigenvalue weighted by molar-refractivity contribution is -0.142. The standard InChI is InChI=1S/C21H24FNO3/c22-19-9-5-4-8-17(19)15-26-18-10-12-23(13-11-18)21(25)20(24)14-16-6-2-1-3-7-16/h1-9,18,20,24H,10-15H2/t20-/m0/s1. The number of carbonyl (C=O) groups is 1. The van der Waals surface area contributed by atoms with Crippen molar-refractivity contribution in [1.82, 2.24) is 4.90 Å². The molecule has 1 saturated heterocycles. The van der Waals surface area contributed by atoms with E-state index >= 15 is 0 Å². The highest BCUT2D eigenvalue weighted by molar-refractivity contribution is 5.81. The van der Waals surface area contributed by atoms with Crippen molar-refractivity contribution >= 4 is 5.91 Å². The predicted molar refractivity (Wildman–Crippen MR) is 96.9 cm³/mol. The minimum Gasteiger partial charge on any atom is -0.383 e. The molecule has 1 aliphatic heterocycles. The molecule has 4 nitrogen and oxygen atoms in total. The van der Waals surface area contributed by atoms with E-state index in [1.54, 1.807) is 23.1 Å². The molecular formula is C21H24FNO3. The van der Waals surface area contributed by atoms with E-state index in [0.717, 1.165) is 5.56 Å². The number of benzene rings is 2. The van der Waals surface area contributed by atoms with Crippen LogP contribution in [-0.2, 0) is 22.6 Å². The number of nitrogens with zero attached hydrogens (tertiary/aromatic N) is 1. The fourth-order valence-electron chi connectivity index (χ4n) is 3.20. The van der Waals surface area contributed by atoms with Gasteiger partial charge < -0.3 is 14.7 Å². The van der Waals surface area contributed by atoms with E-state index in [0.29, 0.717) is 37.9 Å². The first-order valence-corrected chi connectivity index (χ1v) is 8.99. The Kier molecular flexibility index (Phi) is 6.36. The number of aliphatic hydroxyl groups excluding tert-OH is 1. The molecule has 26 heavy (non-hydrogen) atoms. The Morgan fingerprint density at radius 3 is 2.46 bits per heavy atom. The first-order chi connectivity index (χ1) is 12.6.